The molecule has 0 aliphatic rings. The minimum absolute atomic E-state index is 0.0777. The largest absolute Gasteiger partial charge is 0.497 e. The summed E-state index contributed by atoms with van der Waals surface area (Å²) in [6.07, 6.45) is 3.59. The van der Waals surface area contributed by atoms with Gasteiger partial charge in [-0.25, -0.2) is 0 Å². The minimum atomic E-state index is -0.0777. The quantitative estimate of drug-likeness (QED) is 0.539. The number of ether oxygens (including phenoxy) is 1. The second-order valence-electron chi connectivity index (χ2n) is 6.10. The van der Waals surface area contributed by atoms with Crippen LogP contribution in [0.5, 0.6) is 5.75 Å². The average Bonchev–Trinajstić information content (AvgIpc) is 2.75. The molecule has 0 atom stereocenters. The molecule has 4 heteroatoms. The lowest BCUT2D eigenvalue weighted by atomic mass is 10.0. The average molecular weight is 354 g/mol. The van der Waals surface area contributed by atoms with Gasteiger partial charge in [0.25, 0.3) is 5.56 Å². The summed E-state index contributed by atoms with van der Waals surface area (Å²) in [5.74, 6) is 0.753. The third kappa shape index (κ3) is 3.37. The molecule has 2 aromatic heterocycles. The summed E-state index contributed by atoms with van der Waals surface area (Å²) in [4.78, 5) is 17.7. The van der Waals surface area contributed by atoms with Gasteiger partial charge in [-0.3, -0.25) is 14.3 Å². The fourth-order valence-corrected chi connectivity index (χ4v) is 3.01. The van der Waals surface area contributed by atoms with Gasteiger partial charge in [-0.1, -0.05) is 36.4 Å². The van der Waals surface area contributed by atoms with Crippen LogP contribution in [-0.4, -0.2) is 16.7 Å². The van der Waals surface area contributed by atoms with Gasteiger partial charge in [-0.2, -0.15) is 0 Å². The van der Waals surface area contributed by atoms with E-state index in [0.717, 1.165) is 28.3 Å². The van der Waals surface area contributed by atoms with Crippen LogP contribution in [0.3, 0.4) is 0 Å². The van der Waals surface area contributed by atoms with Gasteiger partial charge in [0.05, 0.1) is 12.8 Å². The van der Waals surface area contributed by atoms with Crippen LogP contribution >= 0.6 is 0 Å². The van der Waals surface area contributed by atoms with E-state index in [1.807, 2.05) is 85.1 Å². The third-order valence-corrected chi connectivity index (χ3v) is 4.41. The summed E-state index contributed by atoms with van der Waals surface area (Å²) in [5.41, 5.74) is 3.89. The Hall–Kier alpha value is -3.66. The minimum Gasteiger partial charge on any atom is -0.497 e. The van der Waals surface area contributed by atoms with E-state index in [4.69, 9.17) is 4.74 Å². The Labute approximate surface area is 157 Å². The summed E-state index contributed by atoms with van der Waals surface area (Å²) in [6, 6.07) is 24.8. The van der Waals surface area contributed by atoms with Crippen molar-refractivity contribution in [2.24, 2.45) is 0 Å². The van der Waals surface area contributed by atoms with Crippen molar-refractivity contribution in [3.63, 3.8) is 0 Å². The molecule has 0 saturated carbocycles. The molecule has 2 heterocycles. The number of hydrogen-bond donors (Lipinski definition) is 0. The first-order chi connectivity index (χ1) is 13.3. The monoisotopic (exact) mass is 354 g/mol. The molecule has 0 unspecified atom stereocenters. The van der Waals surface area contributed by atoms with E-state index in [0.29, 0.717) is 5.56 Å². The topological polar surface area (TPSA) is 44.1 Å². The summed E-state index contributed by atoms with van der Waals surface area (Å²) < 4.78 is 6.90. The number of rotatable bonds is 4. The van der Waals surface area contributed by atoms with Crippen molar-refractivity contribution in [3.8, 4) is 33.8 Å². The highest BCUT2D eigenvalue weighted by Crippen LogP contribution is 2.25. The second-order valence-corrected chi connectivity index (χ2v) is 6.10. The molecule has 132 valence electrons. The SMILES string of the molecule is COc1ccc(-c2cc(-c3ccccn3)cn(-c3ccccc3)c2=O)cc1. The zero-order valence-corrected chi connectivity index (χ0v) is 14.9. The van der Waals surface area contributed by atoms with Crippen molar-refractivity contribution < 1.29 is 4.74 Å². The summed E-state index contributed by atoms with van der Waals surface area (Å²) in [6.45, 7) is 0. The number of aromatic nitrogens is 2. The Kier molecular flexibility index (Phi) is 4.54. The van der Waals surface area contributed by atoms with Crippen LogP contribution in [0.4, 0.5) is 0 Å². The fraction of sp³-hybridized carbons (Fsp3) is 0.0435. The smallest absolute Gasteiger partial charge is 0.262 e. The molecular formula is C23H18N2O2. The molecule has 0 amide bonds. The van der Waals surface area contributed by atoms with Gasteiger partial charge in [-0.15, -0.1) is 0 Å². The molecule has 0 spiro atoms. The first kappa shape index (κ1) is 16.8. The first-order valence-electron chi connectivity index (χ1n) is 8.64. The number of nitrogens with zero attached hydrogens (tertiary/aromatic N) is 2. The predicted molar refractivity (Wildman–Crippen MR) is 107 cm³/mol. The molecule has 4 aromatic rings. The van der Waals surface area contributed by atoms with E-state index in [2.05, 4.69) is 4.98 Å². The van der Waals surface area contributed by atoms with Gasteiger partial charge >= 0.3 is 0 Å². The van der Waals surface area contributed by atoms with E-state index < -0.39 is 0 Å². The van der Waals surface area contributed by atoms with E-state index in [1.54, 1.807) is 17.9 Å². The number of pyridine rings is 2. The van der Waals surface area contributed by atoms with Crippen molar-refractivity contribution >= 4 is 0 Å². The third-order valence-electron chi connectivity index (χ3n) is 4.41. The van der Waals surface area contributed by atoms with Crippen molar-refractivity contribution in [2.45, 2.75) is 0 Å². The maximum atomic E-state index is 13.2. The predicted octanol–water partition coefficient (Wildman–Crippen LogP) is 4.58. The molecule has 0 aliphatic heterocycles. The van der Waals surface area contributed by atoms with Crippen molar-refractivity contribution in [3.05, 3.63) is 102 Å². The molecular weight excluding hydrogens is 336 g/mol. The molecule has 0 aliphatic carbocycles. The number of methoxy groups -OCH3 is 1. The number of benzene rings is 2. The van der Waals surface area contributed by atoms with Crippen LogP contribution in [0.2, 0.25) is 0 Å². The number of hydrogen-bond acceptors (Lipinski definition) is 3. The van der Waals surface area contributed by atoms with Crippen LogP contribution in [0, 0.1) is 0 Å². The zero-order chi connectivity index (χ0) is 18.6. The highest BCUT2D eigenvalue weighted by atomic mass is 16.5. The summed E-state index contributed by atoms with van der Waals surface area (Å²) in [7, 11) is 1.62. The Morgan fingerprint density at radius 2 is 1.59 bits per heavy atom. The maximum Gasteiger partial charge on any atom is 0.262 e. The van der Waals surface area contributed by atoms with Crippen LogP contribution < -0.4 is 10.3 Å². The normalized spacial score (nSPS) is 10.6. The zero-order valence-electron chi connectivity index (χ0n) is 14.9. The van der Waals surface area contributed by atoms with Crippen LogP contribution in [0.25, 0.3) is 28.1 Å². The summed E-state index contributed by atoms with van der Waals surface area (Å²) in [5, 5.41) is 0. The van der Waals surface area contributed by atoms with E-state index in [-0.39, 0.29) is 5.56 Å². The first-order valence-corrected chi connectivity index (χ1v) is 8.64. The number of para-hydroxylation sites is 1. The van der Waals surface area contributed by atoms with Gasteiger partial charge in [0.15, 0.2) is 0 Å². The lowest BCUT2D eigenvalue weighted by Crippen LogP contribution is -2.20. The molecule has 0 N–H and O–H groups in total. The Balaban J connectivity index is 1.95. The van der Waals surface area contributed by atoms with Gasteiger partial charge in [0, 0.05) is 29.2 Å². The second kappa shape index (κ2) is 7.30. The van der Waals surface area contributed by atoms with Gasteiger partial charge < -0.3 is 4.74 Å². The fourth-order valence-electron chi connectivity index (χ4n) is 3.01. The Morgan fingerprint density at radius 3 is 2.26 bits per heavy atom. The van der Waals surface area contributed by atoms with Gasteiger partial charge in [-0.05, 0) is 48.0 Å². The van der Waals surface area contributed by atoms with Crippen molar-refractivity contribution in [1.82, 2.24) is 9.55 Å². The lowest BCUT2D eigenvalue weighted by molar-refractivity contribution is 0.415. The molecule has 27 heavy (non-hydrogen) atoms. The molecule has 0 saturated heterocycles. The van der Waals surface area contributed by atoms with E-state index in [9.17, 15) is 4.79 Å². The molecule has 0 radical (unpaired) electrons. The molecule has 2 aromatic carbocycles. The highest BCUT2D eigenvalue weighted by Gasteiger charge is 2.12. The highest BCUT2D eigenvalue weighted by molar-refractivity contribution is 5.71. The van der Waals surface area contributed by atoms with Crippen LogP contribution in [-0.2, 0) is 0 Å². The molecule has 0 fully saturated rings. The van der Waals surface area contributed by atoms with Crippen molar-refractivity contribution in [2.75, 3.05) is 7.11 Å². The van der Waals surface area contributed by atoms with E-state index >= 15 is 0 Å². The Morgan fingerprint density at radius 1 is 0.852 bits per heavy atom. The molecule has 0 bridgehead atoms. The Bertz CT molecular complexity index is 1100. The van der Waals surface area contributed by atoms with Gasteiger partial charge in [0.2, 0.25) is 0 Å². The molecule has 4 nitrogen and oxygen atoms in total. The van der Waals surface area contributed by atoms with E-state index in [1.165, 1.54) is 0 Å². The van der Waals surface area contributed by atoms with Crippen LogP contribution in [0.1, 0.15) is 0 Å². The standard InChI is InChI=1S/C23H18N2O2/c1-27-20-12-10-17(11-13-20)21-15-18(22-9-5-6-14-24-22)16-25(23(21)26)19-7-3-2-4-8-19/h2-16H,1H3. The van der Waals surface area contributed by atoms with Gasteiger partial charge in [0.1, 0.15) is 5.75 Å². The lowest BCUT2D eigenvalue weighted by Gasteiger charge is -2.12. The molecule has 4 rings (SSSR count). The van der Waals surface area contributed by atoms with Crippen molar-refractivity contribution in [1.29, 1.82) is 0 Å². The van der Waals surface area contributed by atoms with Crippen LogP contribution in [0.15, 0.2) is 96.1 Å². The summed E-state index contributed by atoms with van der Waals surface area (Å²) >= 11 is 0. The maximum absolute atomic E-state index is 13.2.